The number of hydrogen-bond acceptors (Lipinski definition) is 3. The van der Waals surface area contributed by atoms with Crippen LogP contribution in [0.5, 0.6) is 0 Å². The minimum Gasteiger partial charge on any atom is -0.342 e. The minimum atomic E-state index is -4.51. The molecule has 2 aliphatic rings. The molecule has 1 aliphatic heterocycles. The SMILES string of the molecule is Cc1nc2c(c(C(F)(F)F)n1)C[C@H](C(=O)N1CCC[C@H](C)C1)CC2. The summed E-state index contributed by atoms with van der Waals surface area (Å²) < 4.78 is 39.9. The van der Waals surface area contributed by atoms with Gasteiger partial charge in [-0.25, -0.2) is 9.97 Å². The Bertz CT molecular complexity index is 645. The van der Waals surface area contributed by atoms with Crippen molar-refractivity contribution >= 4 is 5.91 Å². The molecule has 0 unspecified atom stereocenters. The molecule has 132 valence electrons. The zero-order valence-electron chi connectivity index (χ0n) is 14.0. The molecule has 4 nitrogen and oxygen atoms in total. The summed E-state index contributed by atoms with van der Waals surface area (Å²) in [6, 6.07) is 0. The lowest BCUT2D eigenvalue weighted by Gasteiger charge is -2.35. The fraction of sp³-hybridized carbons (Fsp3) is 0.706. The molecule has 0 bridgehead atoms. The van der Waals surface area contributed by atoms with Crippen LogP contribution in [0.15, 0.2) is 0 Å². The van der Waals surface area contributed by atoms with Crippen molar-refractivity contribution in [2.24, 2.45) is 11.8 Å². The van der Waals surface area contributed by atoms with E-state index in [2.05, 4.69) is 16.9 Å². The molecule has 2 atom stereocenters. The predicted octanol–water partition coefficient (Wildman–Crippen LogP) is 3.17. The van der Waals surface area contributed by atoms with Crippen LogP contribution in [0.4, 0.5) is 13.2 Å². The van der Waals surface area contributed by atoms with Crippen molar-refractivity contribution in [1.29, 1.82) is 0 Å². The molecule has 1 aliphatic carbocycles. The predicted molar refractivity (Wildman–Crippen MR) is 82.3 cm³/mol. The Balaban J connectivity index is 1.84. The summed E-state index contributed by atoms with van der Waals surface area (Å²) in [5.41, 5.74) is -0.303. The number of aryl methyl sites for hydroxylation is 2. The molecule has 0 N–H and O–H groups in total. The van der Waals surface area contributed by atoms with E-state index in [1.165, 1.54) is 6.92 Å². The summed E-state index contributed by atoms with van der Waals surface area (Å²) in [7, 11) is 0. The number of rotatable bonds is 1. The van der Waals surface area contributed by atoms with Gasteiger partial charge in [0.1, 0.15) is 5.82 Å². The van der Waals surface area contributed by atoms with Gasteiger partial charge in [0, 0.05) is 30.3 Å². The maximum Gasteiger partial charge on any atom is 0.433 e. The molecule has 1 amide bonds. The lowest BCUT2D eigenvalue weighted by Crippen LogP contribution is -2.44. The fourth-order valence-corrected chi connectivity index (χ4v) is 3.83. The highest BCUT2D eigenvalue weighted by atomic mass is 19.4. The Morgan fingerprint density at radius 3 is 2.67 bits per heavy atom. The second-order valence-electron chi connectivity index (χ2n) is 7.01. The van der Waals surface area contributed by atoms with E-state index in [-0.39, 0.29) is 23.7 Å². The van der Waals surface area contributed by atoms with Gasteiger partial charge in [-0.05, 0) is 44.9 Å². The van der Waals surface area contributed by atoms with Gasteiger partial charge in [-0.15, -0.1) is 0 Å². The molecule has 24 heavy (non-hydrogen) atoms. The third-order valence-electron chi connectivity index (χ3n) is 4.97. The second kappa shape index (κ2) is 6.33. The molecule has 0 saturated carbocycles. The highest BCUT2D eigenvalue weighted by Gasteiger charge is 2.40. The minimum absolute atomic E-state index is 0.0131. The third-order valence-corrected chi connectivity index (χ3v) is 4.97. The highest BCUT2D eigenvalue weighted by Crippen LogP contribution is 2.36. The summed E-state index contributed by atoms with van der Waals surface area (Å²) in [5.74, 6) is 0.183. The van der Waals surface area contributed by atoms with Gasteiger partial charge in [0.05, 0.1) is 0 Å². The molecule has 2 heterocycles. The lowest BCUT2D eigenvalue weighted by atomic mass is 9.84. The van der Waals surface area contributed by atoms with E-state index >= 15 is 0 Å². The first-order chi connectivity index (χ1) is 11.3. The number of likely N-dealkylation sites (tertiary alicyclic amines) is 1. The molecule has 0 radical (unpaired) electrons. The van der Waals surface area contributed by atoms with Gasteiger partial charge >= 0.3 is 6.18 Å². The van der Waals surface area contributed by atoms with E-state index in [0.29, 0.717) is 37.5 Å². The Kier molecular flexibility index (Phi) is 4.53. The standard InChI is InChI=1S/C17H22F3N3O/c1-10-4-3-7-23(9-10)16(24)12-5-6-14-13(8-12)15(17(18,19)20)22-11(2)21-14/h10,12H,3-9H2,1-2H3/t10-,12+/m0/s1. The van der Waals surface area contributed by atoms with Gasteiger partial charge < -0.3 is 4.90 Å². The highest BCUT2D eigenvalue weighted by molar-refractivity contribution is 5.79. The molecule has 1 aromatic heterocycles. The third kappa shape index (κ3) is 3.39. The van der Waals surface area contributed by atoms with Crippen LogP contribution in [-0.2, 0) is 23.8 Å². The molecule has 7 heteroatoms. The molecule has 0 aromatic carbocycles. The van der Waals surface area contributed by atoms with Crippen LogP contribution in [0.2, 0.25) is 0 Å². The average molecular weight is 341 g/mol. The van der Waals surface area contributed by atoms with Crippen molar-refractivity contribution in [2.45, 2.75) is 52.1 Å². The molecular formula is C17H22F3N3O. The van der Waals surface area contributed by atoms with Gasteiger partial charge in [-0.1, -0.05) is 6.92 Å². The largest absolute Gasteiger partial charge is 0.433 e. The maximum absolute atomic E-state index is 13.3. The molecule has 0 spiro atoms. The zero-order chi connectivity index (χ0) is 17.5. The number of aromatic nitrogens is 2. The van der Waals surface area contributed by atoms with Crippen LogP contribution in [-0.4, -0.2) is 33.9 Å². The summed E-state index contributed by atoms with van der Waals surface area (Å²) in [5, 5.41) is 0. The van der Waals surface area contributed by atoms with Crippen molar-refractivity contribution in [2.75, 3.05) is 13.1 Å². The van der Waals surface area contributed by atoms with Gasteiger partial charge in [0.15, 0.2) is 5.69 Å². The number of piperidine rings is 1. The Morgan fingerprint density at radius 1 is 1.25 bits per heavy atom. The number of fused-ring (bicyclic) bond motifs is 1. The van der Waals surface area contributed by atoms with E-state index in [1.807, 2.05) is 4.90 Å². The van der Waals surface area contributed by atoms with Crippen LogP contribution < -0.4 is 0 Å². The van der Waals surface area contributed by atoms with E-state index in [9.17, 15) is 18.0 Å². The molecular weight excluding hydrogens is 319 g/mol. The van der Waals surface area contributed by atoms with Gasteiger partial charge in [-0.2, -0.15) is 13.2 Å². The van der Waals surface area contributed by atoms with Gasteiger partial charge in [0.2, 0.25) is 5.91 Å². The average Bonchev–Trinajstić information content (AvgIpc) is 2.52. The first-order valence-corrected chi connectivity index (χ1v) is 8.48. The normalized spacial score (nSPS) is 24.6. The number of halogens is 3. The van der Waals surface area contributed by atoms with Crippen LogP contribution in [0.3, 0.4) is 0 Å². The summed E-state index contributed by atoms with van der Waals surface area (Å²) in [6.07, 6.45) is -1.39. The quantitative estimate of drug-likeness (QED) is 0.788. The Morgan fingerprint density at radius 2 is 2.00 bits per heavy atom. The van der Waals surface area contributed by atoms with Crippen molar-refractivity contribution < 1.29 is 18.0 Å². The second-order valence-corrected chi connectivity index (χ2v) is 7.01. The number of carbonyl (C=O) groups is 1. The topological polar surface area (TPSA) is 46.1 Å². The van der Waals surface area contributed by atoms with Crippen molar-refractivity contribution in [3.05, 3.63) is 22.8 Å². The molecule has 1 aromatic rings. The van der Waals surface area contributed by atoms with E-state index in [0.717, 1.165) is 12.8 Å². The lowest BCUT2D eigenvalue weighted by molar-refractivity contribution is -0.143. The molecule has 1 saturated heterocycles. The summed E-state index contributed by atoms with van der Waals surface area (Å²) >= 11 is 0. The number of hydrogen-bond donors (Lipinski definition) is 0. The number of alkyl halides is 3. The first kappa shape index (κ1) is 17.2. The van der Waals surface area contributed by atoms with E-state index in [1.54, 1.807) is 0 Å². The number of amides is 1. The smallest absolute Gasteiger partial charge is 0.342 e. The Hall–Kier alpha value is -1.66. The van der Waals surface area contributed by atoms with Crippen molar-refractivity contribution in [3.63, 3.8) is 0 Å². The van der Waals surface area contributed by atoms with Crippen molar-refractivity contribution in [3.8, 4) is 0 Å². The Labute approximate surface area is 139 Å². The van der Waals surface area contributed by atoms with Gasteiger partial charge in [0.25, 0.3) is 0 Å². The summed E-state index contributed by atoms with van der Waals surface area (Å²) in [4.78, 5) is 22.4. The first-order valence-electron chi connectivity index (χ1n) is 8.48. The van der Waals surface area contributed by atoms with Crippen LogP contribution in [0, 0.1) is 18.8 Å². The maximum atomic E-state index is 13.3. The van der Waals surface area contributed by atoms with Gasteiger partial charge in [-0.3, -0.25) is 4.79 Å². The number of nitrogens with zero attached hydrogens (tertiary/aromatic N) is 3. The van der Waals surface area contributed by atoms with Crippen LogP contribution >= 0.6 is 0 Å². The fourth-order valence-electron chi connectivity index (χ4n) is 3.83. The number of carbonyl (C=O) groups excluding carboxylic acids is 1. The monoisotopic (exact) mass is 341 g/mol. The van der Waals surface area contributed by atoms with E-state index in [4.69, 9.17) is 0 Å². The molecule has 1 fully saturated rings. The molecule has 3 rings (SSSR count). The van der Waals surface area contributed by atoms with E-state index < -0.39 is 17.8 Å². The summed E-state index contributed by atoms with van der Waals surface area (Å²) in [6.45, 7) is 5.00. The van der Waals surface area contributed by atoms with Crippen molar-refractivity contribution in [1.82, 2.24) is 14.9 Å². The van der Waals surface area contributed by atoms with Crippen LogP contribution in [0.25, 0.3) is 0 Å². The van der Waals surface area contributed by atoms with Crippen LogP contribution in [0.1, 0.15) is 49.0 Å². The zero-order valence-corrected chi connectivity index (χ0v) is 14.0.